The third-order valence-electron chi connectivity index (χ3n) is 21.2. The van der Waals surface area contributed by atoms with Crippen molar-refractivity contribution in [3.63, 3.8) is 0 Å². The van der Waals surface area contributed by atoms with Crippen LogP contribution in [0, 0.1) is 0 Å². The van der Waals surface area contributed by atoms with E-state index >= 15 is 0 Å². The van der Waals surface area contributed by atoms with E-state index in [1.54, 1.807) is 0 Å². The molecule has 446 valence electrons. The molecule has 6 aromatic rings. The van der Waals surface area contributed by atoms with Gasteiger partial charge in [-0.15, -0.1) is 0 Å². The first-order chi connectivity index (χ1) is 38.1. The zero-order valence-electron chi connectivity index (χ0n) is 56.8. The van der Waals surface area contributed by atoms with E-state index in [2.05, 4.69) is 275 Å². The summed E-state index contributed by atoms with van der Waals surface area (Å²) >= 11 is 0. The fraction of sp³-hybridized carbons (Fsp3) is 0.538. The van der Waals surface area contributed by atoms with E-state index in [-0.39, 0.29) is 43.3 Å². The standard InChI is InChI=1S/C78H112O2P2/c1-27-71(9,10)53-41-54(72(11,12)28-2)46-61(45-53)81(62-47-55(73(13,14)29-3)42-56(48-62)74(15,16)30-4)67-39-35-37-65(79-25)69(67)70-66(80-26)38-36-40-68(70)82(63-49-57(75(17,18)31-5)43-58(50-63)76(19,20)32-6)64-51-59(77(21,22)33-7)44-60(52-64)78(23,24)34-8/h35-52H,27-34H2,1-26H3. The maximum Gasteiger partial charge on any atom is 0.127 e. The molecular weight excluding hydrogens is 1030 g/mol. The number of benzene rings is 6. The lowest BCUT2D eigenvalue weighted by Gasteiger charge is -2.35. The molecule has 0 heterocycles. The van der Waals surface area contributed by atoms with Gasteiger partial charge in [-0.05, 0) is 199 Å². The molecule has 0 unspecified atom stereocenters. The van der Waals surface area contributed by atoms with Gasteiger partial charge in [0.05, 0.1) is 14.2 Å². The van der Waals surface area contributed by atoms with Gasteiger partial charge in [0.2, 0.25) is 0 Å². The number of rotatable bonds is 25. The van der Waals surface area contributed by atoms with E-state index in [1.807, 2.05) is 14.2 Å². The van der Waals surface area contributed by atoms with Crippen LogP contribution in [0.1, 0.15) is 262 Å². The van der Waals surface area contributed by atoms with E-state index in [9.17, 15) is 0 Å². The Balaban J connectivity index is 1.97. The second kappa shape index (κ2) is 25.4. The molecule has 0 saturated carbocycles. The van der Waals surface area contributed by atoms with Gasteiger partial charge >= 0.3 is 0 Å². The molecule has 6 aromatic carbocycles. The Labute approximate surface area is 505 Å². The van der Waals surface area contributed by atoms with Crippen LogP contribution in [-0.2, 0) is 43.3 Å². The van der Waals surface area contributed by atoms with E-state index in [1.165, 1.54) is 76.3 Å². The fourth-order valence-electron chi connectivity index (χ4n) is 10.8. The Bertz CT molecular complexity index is 2670. The van der Waals surface area contributed by atoms with Crippen LogP contribution in [0.5, 0.6) is 11.5 Å². The van der Waals surface area contributed by atoms with Gasteiger partial charge < -0.3 is 9.47 Å². The third-order valence-corrected chi connectivity index (χ3v) is 26.0. The van der Waals surface area contributed by atoms with Crippen LogP contribution in [0.2, 0.25) is 0 Å². The van der Waals surface area contributed by atoms with Crippen LogP contribution >= 0.6 is 15.8 Å². The van der Waals surface area contributed by atoms with Crippen LogP contribution in [0.4, 0.5) is 0 Å². The molecule has 82 heavy (non-hydrogen) atoms. The van der Waals surface area contributed by atoms with Gasteiger partial charge in [0.15, 0.2) is 0 Å². The predicted molar refractivity (Wildman–Crippen MR) is 369 cm³/mol. The minimum atomic E-state index is -1.26. The average molecular weight is 1140 g/mol. The average Bonchev–Trinajstić information content (AvgIpc) is 2.43. The van der Waals surface area contributed by atoms with Gasteiger partial charge in [-0.2, -0.15) is 0 Å². The van der Waals surface area contributed by atoms with E-state index in [0.29, 0.717) is 0 Å². The predicted octanol–water partition coefficient (Wildman–Crippen LogP) is 20.4. The summed E-state index contributed by atoms with van der Waals surface area (Å²) in [5, 5.41) is 8.10. The number of ether oxygens (including phenoxy) is 2. The summed E-state index contributed by atoms with van der Waals surface area (Å²) in [4.78, 5) is 0. The summed E-state index contributed by atoms with van der Waals surface area (Å²) in [6, 6.07) is 45.0. The molecule has 6 rings (SSSR count). The van der Waals surface area contributed by atoms with Crippen molar-refractivity contribution in [2.24, 2.45) is 0 Å². The Morgan fingerprint density at radius 1 is 0.268 bits per heavy atom. The van der Waals surface area contributed by atoms with Crippen molar-refractivity contribution in [3.8, 4) is 22.6 Å². The Morgan fingerprint density at radius 3 is 0.585 bits per heavy atom. The summed E-state index contributed by atoms with van der Waals surface area (Å²) in [7, 11) is 1.24. The largest absolute Gasteiger partial charge is 0.496 e. The van der Waals surface area contributed by atoms with Gasteiger partial charge in [-0.1, -0.05) is 263 Å². The molecule has 0 fully saturated rings. The van der Waals surface area contributed by atoms with Gasteiger partial charge in [0.25, 0.3) is 0 Å². The second-order valence-corrected chi connectivity index (χ2v) is 33.7. The summed E-state index contributed by atoms with van der Waals surface area (Å²) < 4.78 is 13.7. The fourth-order valence-corrected chi connectivity index (χ4v) is 16.0. The highest BCUT2D eigenvalue weighted by atomic mass is 31.1. The molecule has 0 amide bonds. The number of hydrogen-bond acceptors (Lipinski definition) is 2. The first-order valence-electron chi connectivity index (χ1n) is 31.7. The van der Waals surface area contributed by atoms with Crippen LogP contribution in [-0.4, -0.2) is 14.2 Å². The lowest BCUT2D eigenvalue weighted by Crippen LogP contribution is -2.31. The van der Waals surface area contributed by atoms with Crippen molar-refractivity contribution in [1.82, 2.24) is 0 Å². The first-order valence-corrected chi connectivity index (χ1v) is 34.4. The normalized spacial score (nSPS) is 13.4. The molecule has 0 N–H and O–H groups in total. The zero-order chi connectivity index (χ0) is 61.3. The maximum absolute atomic E-state index is 6.86. The van der Waals surface area contributed by atoms with Crippen molar-refractivity contribution in [1.29, 1.82) is 0 Å². The van der Waals surface area contributed by atoms with Crippen molar-refractivity contribution < 1.29 is 9.47 Å². The van der Waals surface area contributed by atoms with E-state index in [0.717, 1.165) is 74.0 Å². The molecule has 0 aromatic heterocycles. The molecule has 2 nitrogen and oxygen atoms in total. The van der Waals surface area contributed by atoms with Gasteiger partial charge in [0.1, 0.15) is 11.5 Å². The first kappa shape index (κ1) is 66.9. The Kier molecular flexibility index (Phi) is 20.7. The van der Waals surface area contributed by atoms with Crippen molar-refractivity contribution in [2.75, 3.05) is 14.2 Å². The molecule has 0 aliphatic carbocycles. The van der Waals surface area contributed by atoms with Crippen LogP contribution < -0.4 is 41.3 Å². The van der Waals surface area contributed by atoms with Crippen molar-refractivity contribution in [3.05, 3.63) is 154 Å². The maximum atomic E-state index is 6.86. The Hall–Kier alpha value is -4.22. The SMILES string of the molecule is CCC(C)(C)c1cc(P(c2cc(C(C)(C)CC)cc(C(C)(C)CC)c2)c2cccc(OC)c2-c2c(OC)cccc2P(c2cc(C(C)(C)CC)cc(C(C)(C)CC)c2)c2cc(C(C)(C)CC)cc(C(C)(C)CC)c2)cc(C(C)(C)CC)c1. The second-order valence-electron chi connectivity index (χ2n) is 29.4. The minimum Gasteiger partial charge on any atom is -0.496 e. The molecule has 0 aliphatic heterocycles. The van der Waals surface area contributed by atoms with Crippen LogP contribution in [0.15, 0.2) is 109 Å². The number of methoxy groups -OCH3 is 2. The summed E-state index contributed by atoms with van der Waals surface area (Å²) in [6.07, 6.45) is 8.30. The molecule has 0 spiro atoms. The van der Waals surface area contributed by atoms with E-state index < -0.39 is 15.8 Å². The van der Waals surface area contributed by atoms with Crippen LogP contribution in [0.3, 0.4) is 0 Å². The number of hydrogen-bond donors (Lipinski definition) is 0. The zero-order valence-corrected chi connectivity index (χ0v) is 58.5. The third kappa shape index (κ3) is 13.7. The highest BCUT2D eigenvalue weighted by molar-refractivity contribution is 7.80. The summed E-state index contributed by atoms with van der Waals surface area (Å²) in [5.41, 5.74) is 13.1. The smallest absolute Gasteiger partial charge is 0.127 e. The molecule has 0 atom stereocenters. The van der Waals surface area contributed by atoms with Gasteiger partial charge in [0, 0.05) is 11.1 Å². The molecule has 4 heteroatoms. The summed E-state index contributed by atoms with van der Waals surface area (Å²) in [6.45, 7) is 57.9. The van der Waals surface area contributed by atoms with Crippen molar-refractivity contribution >= 4 is 47.7 Å². The molecular formula is C78H112O2P2. The van der Waals surface area contributed by atoms with Gasteiger partial charge in [-0.3, -0.25) is 0 Å². The topological polar surface area (TPSA) is 18.5 Å². The lowest BCUT2D eigenvalue weighted by molar-refractivity contribution is 0.411. The molecule has 0 saturated heterocycles. The monoisotopic (exact) mass is 1140 g/mol. The highest BCUT2D eigenvalue weighted by Crippen LogP contribution is 2.51. The minimum absolute atomic E-state index is 0.0436. The highest BCUT2D eigenvalue weighted by Gasteiger charge is 2.37. The quantitative estimate of drug-likeness (QED) is 0.0532. The molecule has 0 aliphatic rings. The summed E-state index contributed by atoms with van der Waals surface area (Å²) in [5.74, 6) is 1.73. The molecule has 0 radical (unpaired) electrons. The van der Waals surface area contributed by atoms with Gasteiger partial charge in [-0.25, -0.2) is 0 Å². The Morgan fingerprint density at radius 2 is 0.439 bits per heavy atom. The van der Waals surface area contributed by atoms with Crippen LogP contribution in [0.25, 0.3) is 11.1 Å². The lowest BCUT2D eigenvalue weighted by atomic mass is 9.76. The van der Waals surface area contributed by atoms with Crippen molar-refractivity contribution in [2.45, 2.75) is 261 Å². The van der Waals surface area contributed by atoms with E-state index in [4.69, 9.17) is 9.47 Å². The molecule has 0 bridgehead atoms.